The van der Waals surface area contributed by atoms with E-state index in [0.717, 1.165) is 21.8 Å². The van der Waals surface area contributed by atoms with Crippen LogP contribution in [0.5, 0.6) is 5.75 Å². The molecule has 0 amide bonds. The lowest BCUT2D eigenvalue weighted by Crippen LogP contribution is -2.75. The molecule has 0 radical (unpaired) electrons. The molecule has 0 aliphatic heterocycles. The predicted molar refractivity (Wildman–Crippen MR) is 183 cm³/mol. The lowest BCUT2D eigenvalue weighted by Gasteiger charge is -2.33. The Labute approximate surface area is 261 Å². The summed E-state index contributed by atoms with van der Waals surface area (Å²) in [6.07, 6.45) is 1.88. The molecule has 0 spiro atoms. The van der Waals surface area contributed by atoms with E-state index in [1.54, 1.807) is 12.1 Å². The van der Waals surface area contributed by atoms with Crippen LogP contribution in [0.25, 0.3) is 44.7 Å². The van der Waals surface area contributed by atoms with Crippen LogP contribution in [0.4, 0.5) is 0 Å². The molecule has 0 unspecified atom stereocenters. The summed E-state index contributed by atoms with van der Waals surface area (Å²) in [4.78, 5) is 15.0. The Kier molecular flexibility index (Phi) is 6.54. The molecule has 0 fully saturated rings. The molecule has 1 N–H and O–H groups in total. The number of aromatic hydroxyl groups is 1. The number of aromatic nitrogens is 3. The molecular weight excluding hydrogens is 571 g/mol. The fourth-order valence-corrected chi connectivity index (χ4v) is 11.0. The van der Waals surface area contributed by atoms with Gasteiger partial charge in [-0.25, -0.2) is 9.97 Å². The van der Waals surface area contributed by atoms with Crippen LogP contribution in [0, 0.1) is 0 Å². The minimum Gasteiger partial charge on any atom is -0.507 e. The minimum absolute atomic E-state index is 0.124. The van der Waals surface area contributed by atoms with Crippen molar-refractivity contribution in [1.29, 1.82) is 0 Å². The predicted octanol–water partition coefficient (Wildman–Crippen LogP) is 6.19. The molecule has 6 heteroatoms. The molecule has 0 aliphatic carbocycles. The molecule has 3 aromatic heterocycles. The molecule has 0 saturated heterocycles. The lowest BCUT2D eigenvalue weighted by molar-refractivity contribution is 0.477. The van der Waals surface area contributed by atoms with Crippen LogP contribution in [0.2, 0.25) is 0 Å². The highest BCUT2D eigenvalue weighted by Gasteiger charge is 2.43. The smallest absolute Gasteiger partial charge is 0.201 e. The molecule has 0 atom stereocenters. The summed E-state index contributed by atoms with van der Waals surface area (Å²) in [6, 6.07) is 51.3. The number of benzene rings is 5. The van der Waals surface area contributed by atoms with Crippen LogP contribution in [-0.2, 0) is 0 Å². The van der Waals surface area contributed by atoms with Gasteiger partial charge in [0.1, 0.15) is 22.5 Å². The Morgan fingerprint density at radius 1 is 0.578 bits per heavy atom. The SMILES string of the molecule is Oc1ccccc1-c1nc(-c2cccc([Si](c3ccccc3)(c3ccccc3)c3ccccn3)c2)c2oc3ccccc3c2n1. The second-order valence-electron chi connectivity index (χ2n) is 11.0. The van der Waals surface area contributed by atoms with Crippen molar-refractivity contribution in [2.24, 2.45) is 0 Å². The molecule has 5 nitrogen and oxygen atoms in total. The van der Waals surface area contributed by atoms with Gasteiger partial charge in [0.2, 0.25) is 8.07 Å². The Morgan fingerprint density at radius 3 is 1.98 bits per heavy atom. The first-order valence-corrected chi connectivity index (χ1v) is 16.8. The van der Waals surface area contributed by atoms with Crippen molar-refractivity contribution >= 4 is 51.0 Å². The third-order valence-corrected chi connectivity index (χ3v) is 13.0. The average molecular weight is 598 g/mol. The maximum atomic E-state index is 10.8. The largest absolute Gasteiger partial charge is 0.507 e. The molecule has 8 aromatic rings. The van der Waals surface area contributed by atoms with E-state index in [-0.39, 0.29) is 5.75 Å². The van der Waals surface area contributed by atoms with Gasteiger partial charge in [0, 0.05) is 22.5 Å². The van der Waals surface area contributed by atoms with Crippen LogP contribution >= 0.6 is 0 Å². The van der Waals surface area contributed by atoms with Gasteiger partial charge in [-0.3, -0.25) is 4.98 Å². The molecule has 45 heavy (non-hydrogen) atoms. The number of para-hydroxylation sites is 2. The van der Waals surface area contributed by atoms with Crippen LogP contribution in [0.3, 0.4) is 0 Å². The van der Waals surface area contributed by atoms with E-state index < -0.39 is 8.07 Å². The van der Waals surface area contributed by atoms with Gasteiger partial charge in [-0.15, -0.1) is 0 Å². The van der Waals surface area contributed by atoms with Crippen molar-refractivity contribution < 1.29 is 9.52 Å². The van der Waals surface area contributed by atoms with Gasteiger partial charge < -0.3 is 9.52 Å². The number of rotatable bonds is 6. The highest BCUT2D eigenvalue weighted by Crippen LogP contribution is 2.36. The number of pyridine rings is 1. The van der Waals surface area contributed by atoms with Crippen molar-refractivity contribution in [3.05, 3.63) is 158 Å². The Bertz CT molecular complexity index is 2190. The normalized spacial score (nSPS) is 11.6. The Balaban J connectivity index is 1.44. The third kappa shape index (κ3) is 4.42. The van der Waals surface area contributed by atoms with Gasteiger partial charge in [0.05, 0.1) is 5.56 Å². The van der Waals surface area contributed by atoms with Gasteiger partial charge in [0.25, 0.3) is 0 Å². The third-order valence-electron chi connectivity index (χ3n) is 8.40. The molecule has 5 aromatic carbocycles. The van der Waals surface area contributed by atoms with Crippen LogP contribution in [0.1, 0.15) is 0 Å². The summed E-state index contributed by atoms with van der Waals surface area (Å²) >= 11 is 0. The van der Waals surface area contributed by atoms with Crippen molar-refractivity contribution in [3.8, 4) is 28.4 Å². The zero-order chi connectivity index (χ0) is 30.2. The van der Waals surface area contributed by atoms with Gasteiger partial charge in [-0.05, 0) is 52.0 Å². The molecule has 8 rings (SSSR count). The quantitative estimate of drug-likeness (QED) is 0.183. The van der Waals surface area contributed by atoms with Crippen molar-refractivity contribution in [2.75, 3.05) is 0 Å². The maximum absolute atomic E-state index is 10.8. The van der Waals surface area contributed by atoms with E-state index in [1.165, 1.54) is 15.6 Å². The highest BCUT2D eigenvalue weighted by atomic mass is 28.3. The first-order chi connectivity index (χ1) is 22.2. The highest BCUT2D eigenvalue weighted by molar-refractivity contribution is 7.19. The molecule has 3 heterocycles. The second-order valence-corrected chi connectivity index (χ2v) is 14.7. The van der Waals surface area contributed by atoms with E-state index in [2.05, 4.69) is 97.1 Å². The first-order valence-electron chi connectivity index (χ1n) is 14.8. The van der Waals surface area contributed by atoms with Crippen molar-refractivity contribution in [3.63, 3.8) is 0 Å². The minimum atomic E-state index is -2.88. The number of hydrogen-bond donors (Lipinski definition) is 1. The fourth-order valence-electron chi connectivity index (χ4n) is 6.37. The van der Waals surface area contributed by atoms with Crippen molar-refractivity contribution in [1.82, 2.24) is 15.0 Å². The van der Waals surface area contributed by atoms with E-state index in [0.29, 0.717) is 28.2 Å². The lowest BCUT2D eigenvalue weighted by atomic mass is 10.1. The summed E-state index contributed by atoms with van der Waals surface area (Å²) in [5.74, 6) is 0.561. The van der Waals surface area contributed by atoms with E-state index in [4.69, 9.17) is 19.4 Å². The van der Waals surface area contributed by atoms with E-state index >= 15 is 0 Å². The monoisotopic (exact) mass is 597 g/mol. The van der Waals surface area contributed by atoms with Crippen molar-refractivity contribution in [2.45, 2.75) is 0 Å². The topological polar surface area (TPSA) is 72.0 Å². The standard InChI is InChI=1S/C39H27N3O2Si/c43-33-22-9-7-20-31(33)39-41-36(38-37(42-39)32-21-8-10-23-34(32)44-38)27-14-13-19-30(26-27)45(28-15-3-1-4-16-28,29-17-5-2-6-18-29)35-24-11-12-25-40-35/h1-26,43H. The molecular formula is C39H27N3O2Si. The van der Waals surface area contributed by atoms with E-state index in [1.807, 2.05) is 48.7 Å². The van der Waals surface area contributed by atoms with Gasteiger partial charge >= 0.3 is 0 Å². The van der Waals surface area contributed by atoms with Gasteiger partial charge in [-0.1, -0.05) is 115 Å². The summed E-state index contributed by atoms with van der Waals surface area (Å²) in [5.41, 5.74) is 4.18. The Hall–Kier alpha value is -5.85. The number of furan rings is 1. The average Bonchev–Trinajstić information content (AvgIpc) is 3.49. The van der Waals surface area contributed by atoms with Crippen LogP contribution in [-0.4, -0.2) is 28.1 Å². The summed E-state index contributed by atoms with van der Waals surface area (Å²) < 4.78 is 6.45. The van der Waals surface area contributed by atoms with Crippen LogP contribution < -0.4 is 20.9 Å². The molecule has 0 saturated carbocycles. The summed E-state index contributed by atoms with van der Waals surface area (Å²) in [5, 5.41) is 16.4. The van der Waals surface area contributed by atoms with Gasteiger partial charge in [-0.2, -0.15) is 0 Å². The van der Waals surface area contributed by atoms with E-state index in [9.17, 15) is 5.11 Å². The van der Waals surface area contributed by atoms with Gasteiger partial charge in [0.15, 0.2) is 11.4 Å². The maximum Gasteiger partial charge on any atom is 0.201 e. The van der Waals surface area contributed by atoms with Crippen LogP contribution in [0.15, 0.2) is 162 Å². The first kappa shape index (κ1) is 26.8. The fraction of sp³-hybridized carbons (Fsp3) is 0. The number of fused-ring (bicyclic) bond motifs is 3. The zero-order valence-corrected chi connectivity index (χ0v) is 25.2. The number of phenolic OH excluding ortho intramolecular Hbond substituents is 1. The number of hydrogen-bond acceptors (Lipinski definition) is 5. The summed E-state index contributed by atoms with van der Waals surface area (Å²) in [7, 11) is -2.88. The molecule has 0 bridgehead atoms. The Morgan fingerprint density at radius 2 is 1.24 bits per heavy atom. The molecule has 214 valence electrons. The second kappa shape index (κ2) is 11.0. The zero-order valence-electron chi connectivity index (χ0n) is 24.2. The number of nitrogens with zero attached hydrogens (tertiary/aromatic N) is 3. The molecule has 0 aliphatic rings. The number of phenols is 1. The summed E-state index contributed by atoms with van der Waals surface area (Å²) in [6.45, 7) is 0.